The van der Waals surface area contributed by atoms with Crippen LogP contribution in [0, 0.1) is 6.92 Å². The highest BCUT2D eigenvalue weighted by atomic mass is 32.1. The highest BCUT2D eigenvalue weighted by Crippen LogP contribution is 2.30. The highest BCUT2D eigenvalue weighted by Gasteiger charge is 2.18. The molecule has 1 aromatic carbocycles. The third-order valence-electron chi connectivity index (χ3n) is 2.50. The molecule has 0 spiro atoms. The van der Waals surface area contributed by atoms with E-state index in [4.69, 9.17) is 9.47 Å². The van der Waals surface area contributed by atoms with Crippen molar-refractivity contribution in [3.05, 3.63) is 23.8 Å². The molecule has 1 heterocycles. The minimum absolute atomic E-state index is 0.353. The number of para-hydroxylation sites is 1. The maximum atomic E-state index is 11.5. The van der Waals surface area contributed by atoms with E-state index >= 15 is 0 Å². The number of nitrogens with zero attached hydrogens (tertiary/aromatic N) is 1. The normalized spacial score (nSPS) is 12.4. The van der Waals surface area contributed by atoms with Gasteiger partial charge in [-0.2, -0.15) is 0 Å². The molecular formula is C13H15NO3S. The van der Waals surface area contributed by atoms with E-state index in [1.807, 2.05) is 25.1 Å². The number of carbonyl (C=O) groups excluding carboxylic acids is 1. The molecule has 18 heavy (non-hydrogen) atoms. The van der Waals surface area contributed by atoms with Crippen LogP contribution in [0.4, 0.5) is 0 Å². The number of carbonyl (C=O) groups is 1. The smallest absolute Gasteiger partial charge is 0.347 e. The molecular weight excluding hydrogens is 250 g/mol. The molecule has 0 amide bonds. The lowest BCUT2D eigenvalue weighted by atomic mass is 10.2. The zero-order valence-corrected chi connectivity index (χ0v) is 11.4. The number of aromatic nitrogens is 1. The number of benzene rings is 1. The molecule has 1 aromatic heterocycles. The van der Waals surface area contributed by atoms with Gasteiger partial charge in [0.25, 0.3) is 5.19 Å². The lowest BCUT2D eigenvalue weighted by molar-refractivity contribution is -0.150. The molecule has 5 heteroatoms. The second-order valence-corrected chi connectivity index (χ2v) is 4.91. The summed E-state index contributed by atoms with van der Waals surface area (Å²) in [7, 11) is 0. The van der Waals surface area contributed by atoms with Gasteiger partial charge < -0.3 is 9.47 Å². The monoisotopic (exact) mass is 265 g/mol. The topological polar surface area (TPSA) is 48.4 Å². The molecule has 0 N–H and O–H groups in total. The summed E-state index contributed by atoms with van der Waals surface area (Å²) in [5.74, 6) is -0.367. The summed E-state index contributed by atoms with van der Waals surface area (Å²) in [6.45, 7) is 5.79. The van der Waals surface area contributed by atoms with E-state index in [0.717, 1.165) is 15.8 Å². The zero-order chi connectivity index (χ0) is 13.1. The highest BCUT2D eigenvalue weighted by molar-refractivity contribution is 7.20. The Labute approximate surface area is 110 Å². The van der Waals surface area contributed by atoms with Crippen molar-refractivity contribution < 1.29 is 14.3 Å². The Morgan fingerprint density at radius 1 is 1.50 bits per heavy atom. The fourth-order valence-corrected chi connectivity index (χ4v) is 2.54. The van der Waals surface area contributed by atoms with Crippen LogP contribution in [0.25, 0.3) is 10.2 Å². The van der Waals surface area contributed by atoms with Crippen LogP contribution in [0.3, 0.4) is 0 Å². The molecule has 1 atom stereocenters. The van der Waals surface area contributed by atoms with Crippen LogP contribution in [0.15, 0.2) is 18.2 Å². The van der Waals surface area contributed by atoms with Crippen LogP contribution in [-0.2, 0) is 9.53 Å². The first-order valence-electron chi connectivity index (χ1n) is 5.81. The van der Waals surface area contributed by atoms with E-state index in [2.05, 4.69) is 4.98 Å². The average molecular weight is 265 g/mol. The SMILES string of the molecule is CCOC(=O)C(C)Oc1nc2c(C)cccc2s1. The Hall–Kier alpha value is -1.62. The van der Waals surface area contributed by atoms with Gasteiger partial charge in [0.2, 0.25) is 0 Å². The second-order valence-electron chi connectivity index (χ2n) is 3.91. The summed E-state index contributed by atoms with van der Waals surface area (Å²) in [6.07, 6.45) is -0.634. The van der Waals surface area contributed by atoms with Gasteiger partial charge in [-0.1, -0.05) is 23.5 Å². The molecule has 0 saturated carbocycles. The molecule has 4 nitrogen and oxygen atoms in total. The number of ether oxygens (including phenoxy) is 2. The van der Waals surface area contributed by atoms with Crippen LogP contribution in [0.1, 0.15) is 19.4 Å². The fraction of sp³-hybridized carbons (Fsp3) is 0.385. The summed E-state index contributed by atoms with van der Waals surface area (Å²) >= 11 is 1.43. The van der Waals surface area contributed by atoms with E-state index in [0.29, 0.717) is 11.8 Å². The van der Waals surface area contributed by atoms with Crippen molar-refractivity contribution in [2.24, 2.45) is 0 Å². The number of esters is 1. The Kier molecular flexibility index (Phi) is 3.81. The molecule has 0 aliphatic rings. The van der Waals surface area contributed by atoms with Crippen LogP contribution in [0.5, 0.6) is 5.19 Å². The molecule has 0 bridgehead atoms. The standard InChI is InChI=1S/C13H15NO3S/c1-4-16-12(15)9(3)17-13-14-11-8(2)6-5-7-10(11)18-13/h5-7,9H,4H2,1-3H3. The third-order valence-corrected chi connectivity index (χ3v) is 3.41. The first kappa shape index (κ1) is 12.8. The van der Waals surface area contributed by atoms with Crippen molar-refractivity contribution in [2.45, 2.75) is 26.9 Å². The summed E-state index contributed by atoms with van der Waals surface area (Å²) in [5, 5.41) is 0.500. The summed E-state index contributed by atoms with van der Waals surface area (Å²) in [5.41, 5.74) is 2.02. The number of hydrogen-bond acceptors (Lipinski definition) is 5. The fourth-order valence-electron chi connectivity index (χ4n) is 1.58. The predicted molar refractivity (Wildman–Crippen MR) is 71.1 cm³/mol. The lowest BCUT2D eigenvalue weighted by Gasteiger charge is -2.10. The molecule has 0 fully saturated rings. The Morgan fingerprint density at radius 3 is 2.94 bits per heavy atom. The molecule has 2 aromatic rings. The van der Waals surface area contributed by atoms with Crippen molar-refractivity contribution in [3.8, 4) is 5.19 Å². The Morgan fingerprint density at radius 2 is 2.28 bits per heavy atom. The van der Waals surface area contributed by atoms with E-state index in [1.54, 1.807) is 13.8 Å². The van der Waals surface area contributed by atoms with Gasteiger partial charge in [0.1, 0.15) is 0 Å². The second kappa shape index (κ2) is 5.35. The molecule has 0 aliphatic carbocycles. The van der Waals surface area contributed by atoms with Gasteiger partial charge >= 0.3 is 5.97 Å². The maximum absolute atomic E-state index is 11.5. The average Bonchev–Trinajstić information content (AvgIpc) is 2.73. The van der Waals surface area contributed by atoms with Crippen LogP contribution in [0.2, 0.25) is 0 Å². The molecule has 96 valence electrons. The lowest BCUT2D eigenvalue weighted by Crippen LogP contribution is -2.25. The summed E-state index contributed by atoms with van der Waals surface area (Å²) in [6, 6.07) is 5.97. The Balaban J connectivity index is 2.17. The van der Waals surface area contributed by atoms with Crippen molar-refractivity contribution in [3.63, 3.8) is 0 Å². The van der Waals surface area contributed by atoms with Gasteiger partial charge in [-0.25, -0.2) is 9.78 Å². The molecule has 0 aliphatic heterocycles. The van der Waals surface area contributed by atoms with E-state index in [9.17, 15) is 4.79 Å². The number of rotatable bonds is 4. The zero-order valence-electron chi connectivity index (χ0n) is 10.6. The number of hydrogen-bond donors (Lipinski definition) is 0. The van der Waals surface area contributed by atoms with Crippen molar-refractivity contribution in [2.75, 3.05) is 6.61 Å². The molecule has 1 unspecified atom stereocenters. The van der Waals surface area contributed by atoms with E-state index in [1.165, 1.54) is 11.3 Å². The number of thiazole rings is 1. The first-order chi connectivity index (χ1) is 8.61. The predicted octanol–water partition coefficient (Wildman–Crippen LogP) is 2.94. The van der Waals surface area contributed by atoms with Gasteiger partial charge in [0, 0.05) is 0 Å². The maximum Gasteiger partial charge on any atom is 0.347 e. The summed E-state index contributed by atoms with van der Waals surface area (Å²) in [4.78, 5) is 15.8. The minimum Gasteiger partial charge on any atom is -0.463 e. The van der Waals surface area contributed by atoms with Gasteiger partial charge in [0.05, 0.1) is 16.8 Å². The summed E-state index contributed by atoms with van der Waals surface area (Å²) < 4.78 is 11.4. The largest absolute Gasteiger partial charge is 0.463 e. The van der Waals surface area contributed by atoms with Crippen LogP contribution in [-0.4, -0.2) is 23.7 Å². The quantitative estimate of drug-likeness (QED) is 0.797. The van der Waals surface area contributed by atoms with Gasteiger partial charge in [0.15, 0.2) is 6.10 Å². The van der Waals surface area contributed by atoms with Gasteiger partial charge in [-0.15, -0.1) is 0 Å². The van der Waals surface area contributed by atoms with Crippen LogP contribution < -0.4 is 4.74 Å². The van der Waals surface area contributed by atoms with Crippen molar-refractivity contribution in [1.29, 1.82) is 0 Å². The third kappa shape index (κ3) is 2.61. The minimum atomic E-state index is -0.634. The first-order valence-corrected chi connectivity index (χ1v) is 6.63. The van der Waals surface area contributed by atoms with Gasteiger partial charge in [-0.05, 0) is 32.4 Å². The van der Waals surface area contributed by atoms with E-state index < -0.39 is 6.10 Å². The van der Waals surface area contributed by atoms with Gasteiger partial charge in [-0.3, -0.25) is 0 Å². The molecule has 2 rings (SSSR count). The number of fused-ring (bicyclic) bond motifs is 1. The van der Waals surface area contributed by atoms with Crippen molar-refractivity contribution >= 4 is 27.5 Å². The number of aryl methyl sites for hydroxylation is 1. The molecule has 0 saturated heterocycles. The van der Waals surface area contributed by atoms with Crippen molar-refractivity contribution in [1.82, 2.24) is 4.98 Å². The van der Waals surface area contributed by atoms with Crippen LogP contribution >= 0.6 is 11.3 Å². The molecule has 0 radical (unpaired) electrons. The van der Waals surface area contributed by atoms with E-state index in [-0.39, 0.29) is 5.97 Å². The Bertz CT molecular complexity index is 564.